The fourth-order valence-corrected chi connectivity index (χ4v) is 3.05. The van der Waals surface area contributed by atoms with Gasteiger partial charge in [-0.1, -0.05) is 24.0 Å². The molecule has 0 saturated carbocycles. The minimum Gasteiger partial charge on any atom is -0.358 e. The summed E-state index contributed by atoms with van der Waals surface area (Å²) < 4.78 is 12.0. The molecule has 100 valence electrons. The van der Waals surface area contributed by atoms with Gasteiger partial charge in [0.25, 0.3) is 0 Å². The zero-order valence-electron chi connectivity index (χ0n) is 10.8. The maximum Gasteiger partial charge on any atom is 0.166 e. The van der Waals surface area contributed by atoms with Crippen LogP contribution in [0.25, 0.3) is 0 Å². The quantitative estimate of drug-likeness (QED) is 0.548. The molecule has 0 aliphatic carbocycles. The van der Waals surface area contributed by atoms with Gasteiger partial charge in [0, 0.05) is 26.3 Å². The molecule has 0 aromatic carbocycles. The van der Waals surface area contributed by atoms with E-state index in [9.17, 15) is 0 Å². The molecule has 1 aliphatic rings. The van der Waals surface area contributed by atoms with Crippen molar-refractivity contribution in [2.45, 2.75) is 39.4 Å². The molecule has 0 unspecified atom stereocenters. The molecule has 0 aromatic heterocycles. The molecule has 0 atom stereocenters. The minimum atomic E-state index is -0.127. The molecule has 17 heavy (non-hydrogen) atoms. The van der Waals surface area contributed by atoms with E-state index >= 15 is 0 Å². The monoisotopic (exact) mass is 277 g/mol. The van der Waals surface area contributed by atoms with Gasteiger partial charge in [0.2, 0.25) is 0 Å². The van der Waals surface area contributed by atoms with E-state index < -0.39 is 0 Å². The maximum atomic E-state index is 5.50. The number of thioether (sulfide) groups is 1. The summed E-state index contributed by atoms with van der Waals surface area (Å²) in [5, 5.41) is 0. The molecule has 1 fully saturated rings. The fourth-order valence-electron chi connectivity index (χ4n) is 1.82. The van der Waals surface area contributed by atoms with Crippen LogP contribution < -0.4 is 0 Å². The highest BCUT2D eigenvalue weighted by molar-refractivity contribution is 8.22. The third kappa shape index (κ3) is 6.04. The van der Waals surface area contributed by atoms with Crippen molar-refractivity contribution in [2.75, 3.05) is 32.1 Å². The van der Waals surface area contributed by atoms with E-state index in [1.54, 1.807) is 11.8 Å². The van der Waals surface area contributed by atoms with Gasteiger partial charge >= 0.3 is 0 Å². The number of likely N-dealkylation sites (tertiary alicyclic amines) is 1. The van der Waals surface area contributed by atoms with Gasteiger partial charge in [-0.3, -0.25) is 0 Å². The molecule has 0 amide bonds. The highest BCUT2D eigenvalue weighted by Gasteiger charge is 2.16. The highest BCUT2D eigenvalue weighted by Crippen LogP contribution is 2.17. The Kier molecular flexibility index (Phi) is 8.18. The van der Waals surface area contributed by atoms with Gasteiger partial charge in [-0.2, -0.15) is 0 Å². The molecular formula is C12H23NO2S2. The molecule has 0 spiro atoms. The Bertz CT molecular complexity index is 215. The number of rotatable bonds is 6. The number of hydrogen-bond acceptors (Lipinski definition) is 4. The first-order valence-electron chi connectivity index (χ1n) is 6.42. The number of ether oxygens (including phenoxy) is 2. The number of piperidine rings is 1. The second kappa shape index (κ2) is 9.14. The van der Waals surface area contributed by atoms with E-state index in [2.05, 4.69) is 4.90 Å². The molecule has 0 radical (unpaired) electrons. The summed E-state index contributed by atoms with van der Waals surface area (Å²) >= 11 is 7.12. The van der Waals surface area contributed by atoms with Crippen LogP contribution in [-0.4, -0.2) is 47.6 Å². The summed E-state index contributed by atoms with van der Waals surface area (Å²) in [6.45, 7) is 7.56. The Labute approximate surface area is 114 Å². The van der Waals surface area contributed by atoms with Gasteiger partial charge in [-0.25, -0.2) is 0 Å². The van der Waals surface area contributed by atoms with E-state index in [4.69, 9.17) is 21.7 Å². The third-order valence-corrected chi connectivity index (χ3v) is 4.22. The van der Waals surface area contributed by atoms with E-state index in [1.807, 2.05) is 13.8 Å². The predicted molar refractivity (Wildman–Crippen MR) is 77.5 cm³/mol. The lowest BCUT2D eigenvalue weighted by Crippen LogP contribution is -2.33. The molecule has 1 aliphatic heterocycles. The normalized spacial score (nSPS) is 16.5. The van der Waals surface area contributed by atoms with E-state index in [0.29, 0.717) is 13.2 Å². The molecule has 0 aromatic rings. The van der Waals surface area contributed by atoms with Crippen molar-refractivity contribution in [1.82, 2.24) is 4.90 Å². The Morgan fingerprint density at radius 1 is 1.18 bits per heavy atom. The second-order valence-corrected chi connectivity index (χ2v) is 5.62. The molecular weight excluding hydrogens is 254 g/mol. The van der Waals surface area contributed by atoms with Gasteiger partial charge in [0.15, 0.2) is 6.29 Å². The van der Waals surface area contributed by atoms with Crippen molar-refractivity contribution >= 4 is 28.3 Å². The number of hydrogen-bond donors (Lipinski definition) is 0. The summed E-state index contributed by atoms with van der Waals surface area (Å²) in [6, 6.07) is 0. The largest absolute Gasteiger partial charge is 0.358 e. The summed E-state index contributed by atoms with van der Waals surface area (Å²) in [5.74, 6) is 0.789. The van der Waals surface area contributed by atoms with Crippen LogP contribution in [-0.2, 0) is 9.47 Å². The molecule has 1 rings (SSSR count). The van der Waals surface area contributed by atoms with Crippen LogP contribution in [0.1, 0.15) is 33.1 Å². The molecule has 0 bridgehead atoms. The van der Waals surface area contributed by atoms with E-state index in [-0.39, 0.29) is 6.29 Å². The molecule has 3 nitrogen and oxygen atoms in total. The average Bonchev–Trinajstić information content (AvgIpc) is 2.37. The van der Waals surface area contributed by atoms with Crippen molar-refractivity contribution in [2.24, 2.45) is 0 Å². The van der Waals surface area contributed by atoms with Crippen molar-refractivity contribution in [1.29, 1.82) is 0 Å². The van der Waals surface area contributed by atoms with Gasteiger partial charge in [-0.15, -0.1) is 0 Å². The predicted octanol–water partition coefficient (Wildman–Crippen LogP) is 2.89. The van der Waals surface area contributed by atoms with E-state index in [1.165, 1.54) is 19.3 Å². The van der Waals surface area contributed by atoms with Crippen LogP contribution in [0.4, 0.5) is 0 Å². The van der Waals surface area contributed by atoms with Gasteiger partial charge < -0.3 is 14.4 Å². The minimum absolute atomic E-state index is 0.127. The zero-order valence-corrected chi connectivity index (χ0v) is 12.4. The lowest BCUT2D eigenvalue weighted by Gasteiger charge is -2.29. The van der Waals surface area contributed by atoms with Crippen molar-refractivity contribution in [3.05, 3.63) is 0 Å². The van der Waals surface area contributed by atoms with Crippen LogP contribution in [0.2, 0.25) is 0 Å². The fraction of sp³-hybridized carbons (Fsp3) is 0.917. The first-order valence-corrected chi connectivity index (χ1v) is 7.82. The van der Waals surface area contributed by atoms with Gasteiger partial charge in [-0.05, 0) is 33.1 Å². The Morgan fingerprint density at radius 3 is 2.29 bits per heavy atom. The Morgan fingerprint density at radius 2 is 1.76 bits per heavy atom. The summed E-state index contributed by atoms with van der Waals surface area (Å²) in [5.41, 5.74) is 0. The lowest BCUT2D eigenvalue weighted by atomic mass is 10.1. The van der Waals surface area contributed by atoms with Crippen molar-refractivity contribution < 1.29 is 9.47 Å². The SMILES string of the molecule is CCOC(CSC(=S)N1CCCCC1)OCC. The second-order valence-electron chi connectivity index (χ2n) is 3.96. The number of thiocarbonyl (C=S) groups is 1. The van der Waals surface area contributed by atoms with Crippen LogP contribution in [0, 0.1) is 0 Å². The molecule has 0 N–H and O–H groups in total. The molecule has 1 saturated heterocycles. The maximum absolute atomic E-state index is 5.50. The van der Waals surface area contributed by atoms with Gasteiger partial charge in [0.1, 0.15) is 4.32 Å². The summed E-state index contributed by atoms with van der Waals surface area (Å²) in [7, 11) is 0. The molecule has 5 heteroatoms. The topological polar surface area (TPSA) is 21.7 Å². The average molecular weight is 277 g/mol. The third-order valence-electron chi connectivity index (χ3n) is 2.66. The van der Waals surface area contributed by atoms with Crippen LogP contribution >= 0.6 is 24.0 Å². The zero-order chi connectivity index (χ0) is 12.5. The van der Waals surface area contributed by atoms with Crippen molar-refractivity contribution in [3.63, 3.8) is 0 Å². The summed E-state index contributed by atoms with van der Waals surface area (Å²) in [4.78, 5) is 2.30. The van der Waals surface area contributed by atoms with Crippen LogP contribution in [0.5, 0.6) is 0 Å². The first kappa shape index (κ1) is 15.2. The molecule has 1 heterocycles. The van der Waals surface area contributed by atoms with Gasteiger partial charge in [0.05, 0.1) is 5.75 Å². The van der Waals surface area contributed by atoms with Crippen LogP contribution in [0.3, 0.4) is 0 Å². The number of nitrogens with zero attached hydrogens (tertiary/aromatic N) is 1. The highest BCUT2D eigenvalue weighted by atomic mass is 32.2. The van der Waals surface area contributed by atoms with Crippen molar-refractivity contribution in [3.8, 4) is 0 Å². The summed E-state index contributed by atoms with van der Waals surface area (Å²) in [6.07, 6.45) is 3.74. The van der Waals surface area contributed by atoms with E-state index in [0.717, 1.165) is 23.2 Å². The lowest BCUT2D eigenvalue weighted by molar-refractivity contribution is -0.119. The first-order chi connectivity index (χ1) is 8.27. The smallest absolute Gasteiger partial charge is 0.166 e. The van der Waals surface area contributed by atoms with Crippen LogP contribution in [0.15, 0.2) is 0 Å². The Balaban J connectivity index is 2.24. The standard InChI is InChI=1S/C12H23NO2S2/c1-3-14-11(15-4-2)10-17-12(16)13-8-6-5-7-9-13/h11H,3-10H2,1-2H3. The Hall–Kier alpha value is 0.160.